The summed E-state index contributed by atoms with van der Waals surface area (Å²) in [7, 11) is 0. The zero-order valence-electron chi connectivity index (χ0n) is 6.68. The second-order valence-electron chi connectivity index (χ2n) is 2.21. The largest absolute Gasteiger partial charge is 0.290 e. The fourth-order valence-corrected chi connectivity index (χ4v) is 0.726. The summed E-state index contributed by atoms with van der Waals surface area (Å²) in [6, 6.07) is 0. The monoisotopic (exact) mass is 156 g/mol. The fourth-order valence-electron chi connectivity index (χ4n) is 0.726. The Hall–Kier alpha value is -0.990. The molecule has 0 bridgehead atoms. The van der Waals surface area contributed by atoms with Gasteiger partial charge in [-0.2, -0.15) is 0 Å². The van der Waals surface area contributed by atoms with Gasteiger partial charge >= 0.3 is 0 Å². The molecule has 0 spiro atoms. The number of rotatable bonds is 5. The van der Waals surface area contributed by atoms with Gasteiger partial charge in [-0.3, -0.25) is 9.80 Å². The lowest BCUT2D eigenvalue weighted by Crippen LogP contribution is -2.09. The Balaban J connectivity index is 4.19. The minimum absolute atomic E-state index is 0.0624. The maximum absolute atomic E-state index is 11.9. The van der Waals surface area contributed by atoms with Gasteiger partial charge in [0.05, 0.1) is 6.67 Å². The van der Waals surface area contributed by atoms with E-state index in [1.807, 2.05) is 6.92 Å². The molecule has 0 aromatic rings. The summed E-state index contributed by atoms with van der Waals surface area (Å²) in [5, 5.41) is 6.71. The lowest BCUT2D eigenvalue weighted by molar-refractivity contribution is 0.505. The summed E-state index contributed by atoms with van der Waals surface area (Å²) in [6.07, 6.45) is 2.92. The predicted octanol–water partition coefficient (Wildman–Crippen LogP) is 2.22. The number of aliphatic imine (C=N–C) groups is 1. The summed E-state index contributed by atoms with van der Waals surface area (Å²) in [5.41, 5.74) is 0.678. The van der Waals surface area contributed by atoms with E-state index in [2.05, 4.69) is 11.6 Å². The Morgan fingerprint density at radius 3 is 2.82 bits per heavy atom. The van der Waals surface area contributed by atoms with Gasteiger partial charge in [0.15, 0.2) is 0 Å². The van der Waals surface area contributed by atoms with Crippen molar-refractivity contribution in [2.75, 3.05) is 6.67 Å². The number of allylic oxidation sites excluding steroid dienone is 1. The quantitative estimate of drug-likeness (QED) is 0.360. The molecule has 0 aromatic carbocycles. The molecule has 0 rings (SSSR count). The average Bonchev–Trinajstić information content (AvgIpc) is 2.03. The summed E-state index contributed by atoms with van der Waals surface area (Å²) < 4.78 is 11.9. The van der Waals surface area contributed by atoms with Gasteiger partial charge in [0.1, 0.15) is 6.34 Å². The van der Waals surface area contributed by atoms with Crippen molar-refractivity contribution in [3.05, 3.63) is 12.7 Å². The van der Waals surface area contributed by atoms with Crippen LogP contribution in [0.4, 0.5) is 4.39 Å². The standard InChI is InChI=1S/C8H13FN2/c1-3-7(2)8(4-5-9)11-6-10/h3,6-7,10H,1,4-5H2,2H3. The molecule has 1 atom stereocenters. The third kappa shape index (κ3) is 3.65. The maximum atomic E-state index is 11.9. The maximum Gasteiger partial charge on any atom is 0.106 e. The zero-order chi connectivity index (χ0) is 8.69. The second kappa shape index (κ2) is 5.77. The van der Waals surface area contributed by atoms with E-state index in [0.29, 0.717) is 12.1 Å². The SMILES string of the molecule is C=CC(C)C(CCF)=NC=N. The molecule has 0 aliphatic carbocycles. The van der Waals surface area contributed by atoms with Crippen LogP contribution in [0.2, 0.25) is 0 Å². The van der Waals surface area contributed by atoms with Gasteiger partial charge in [0, 0.05) is 18.1 Å². The molecule has 11 heavy (non-hydrogen) atoms. The lowest BCUT2D eigenvalue weighted by Gasteiger charge is -2.06. The fraction of sp³-hybridized carbons (Fsp3) is 0.500. The van der Waals surface area contributed by atoms with E-state index in [0.717, 1.165) is 6.34 Å². The van der Waals surface area contributed by atoms with Crippen LogP contribution in [0.3, 0.4) is 0 Å². The van der Waals surface area contributed by atoms with Crippen LogP contribution in [0, 0.1) is 11.3 Å². The number of hydrogen-bond acceptors (Lipinski definition) is 1. The summed E-state index contributed by atoms with van der Waals surface area (Å²) >= 11 is 0. The van der Waals surface area contributed by atoms with E-state index in [1.165, 1.54) is 0 Å². The van der Waals surface area contributed by atoms with Gasteiger partial charge in [-0.25, -0.2) is 4.99 Å². The van der Waals surface area contributed by atoms with E-state index in [9.17, 15) is 4.39 Å². The van der Waals surface area contributed by atoms with Gasteiger partial charge in [0.25, 0.3) is 0 Å². The Bertz CT molecular complexity index is 163. The molecule has 0 fully saturated rings. The van der Waals surface area contributed by atoms with E-state index in [4.69, 9.17) is 5.41 Å². The second-order valence-corrected chi connectivity index (χ2v) is 2.21. The number of nitrogens with one attached hydrogen (secondary N) is 1. The Morgan fingerprint density at radius 2 is 2.45 bits per heavy atom. The highest BCUT2D eigenvalue weighted by atomic mass is 19.1. The van der Waals surface area contributed by atoms with Crippen LogP contribution in [0.15, 0.2) is 17.6 Å². The topological polar surface area (TPSA) is 36.2 Å². The van der Waals surface area contributed by atoms with Crippen molar-refractivity contribution in [1.82, 2.24) is 0 Å². The van der Waals surface area contributed by atoms with Crippen LogP contribution >= 0.6 is 0 Å². The highest BCUT2D eigenvalue weighted by Crippen LogP contribution is 2.03. The highest BCUT2D eigenvalue weighted by Gasteiger charge is 2.04. The minimum Gasteiger partial charge on any atom is -0.290 e. The molecule has 1 unspecified atom stereocenters. The minimum atomic E-state index is -0.426. The van der Waals surface area contributed by atoms with Crippen molar-refractivity contribution < 1.29 is 4.39 Å². The van der Waals surface area contributed by atoms with Gasteiger partial charge in [-0.15, -0.1) is 6.58 Å². The van der Waals surface area contributed by atoms with Gasteiger partial charge in [-0.1, -0.05) is 13.0 Å². The first-order chi connectivity index (χ1) is 5.26. The molecule has 0 aromatic heterocycles. The molecule has 3 heteroatoms. The van der Waals surface area contributed by atoms with Crippen LogP contribution in [-0.2, 0) is 0 Å². The molecule has 2 nitrogen and oxygen atoms in total. The first-order valence-corrected chi connectivity index (χ1v) is 3.50. The third-order valence-electron chi connectivity index (χ3n) is 1.46. The van der Waals surface area contributed by atoms with Crippen LogP contribution in [0.1, 0.15) is 13.3 Å². The van der Waals surface area contributed by atoms with E-state index >= 15 is 0 Å². The average molecular weight is 156 g/mol. The van der Waals surface area contributed by atoms with Crippen molar-refractivity contribution in [3.63, 3.8) is 0 Å². The number of halogens is 1. The first-order valence-electron chi connectivity index (χ1n) is 3.50. The molecule has 0 radical (unpaired) electrons. The molecule has 0 aliphatic rings. The van der Waals surface area contributed by atoms with Gasteiger partial charge in [-0.05, 0) is 0 Å². The van der Waals surface area contributed by atoms with Crippen molar-refractivity contribution in [3.8, 4) is 0 Å². The molecule has 0 saturated heterocycles. The molecule has 0 heterocycles. The third-order valence-corrected chi connectivity index (χ3v) is 1.46. The first kappa shape index (κ1) is 10.0. The van der Waals surface area contributed by atoms with Crippen LogP contribution in [0.25, 0.3) is 0 Å². The van der Waals surface area contributed by atoms with E-state index in [-0.39, 0.29) is 5.92 Å². The lowest BCUT2D eigenvalue weighted by atomic mass is 10.0. The molecule has 62 valence electrons. The smallest absolute Gasteiger partial charge is 0.106 e. The van der Waals surface area contributed by atoms with Gasteiger partial charge in [0.2, 0.25) is 0 Å². The molecule has 0 saturated carbocycles. The summed E-state index contributed by atoms with van der Waals surface area (Å²) in [5.74, 6) is 0.0624. The van der Waals surface area contributed by atoms with Crippen molar-refractivity contribution in [2.24, 2.45) is 10.9 Å². The van der Waals surface area contributed by atoms with Crippen LogP contribution in [-0.4, -0.2) is 18.7 Å². The number of nitrogens with zero attached hydrogens (tertiary/aromatic N) is 1. The van der Waals surface area contributed by atoms with Crippen molar-refractivity contribution in [2.45, 2.75) is 13.3 Å². The molecule has 0 amide bonds. The normalized spacial score (nSPS) is 14.2. The van der Waals surface area contributed by atoms with Crippen molar-refractivity contribution >= 4 is 12.1 Å². The summed E-state index contributed by atoms with van der Waals surface area (Å²) in [4.78, 5) is 3.73. The van der Waals surface area contributed by atoms with E-state index < -0.39 is 6.67 Å². The Morgan fingerprint density at radius 1 is 1.82 bits per heavy atom. The number of alkyl halides is 1. The van der Waals surface area contributed by atoms with E-state index in [1.54, 1.807) is 6.08 Å². The van der Waals surface area contributed by atoms with Crippen molar-refractivity contribution in [1.29, 1.82) is 5.41 Å². The van der Waals surface area contributed by atoms with Crippen LogP contribution < -0.4 is 0 Å². The number of hydrogen-bond donors (Lipinski definition) is 1. The molecule has 1 N–H and O–H groups in total. The predicted molar refractivity (Wildman–Crippen MR) is 46.2 cm³/mol. The molecule has 0 aliphatic heterocycles. The summed E-state index contributed by atoms with van der Waals surface area (Å²) in [6.45, 7) is 5.02. The van der Waals surface area contributed by atoms with Gasteiger partial charge < -0.3 is 0 Å². The zero-order valence-corrected chi connectivity index (χ0v) is 6.68. The van der Waals surface area contributed by atoms with Crippen LogP contribution in [0.5, 0.6) is 0 Å². The molecular weight excluding hydrogens is 143 g/mol. The highest BCUT2D eigenvalue weighted by molar-refractivity contribution is 5.92. The Labute approximate surface area is 66.4 Å². The molecular formula is C8H13FN2. The Kier molecular flexibility index (Phi) is 5.25.